The molecule has 0 radical (unpaired) electrons. The molecule has 0 aliphatic rings. The summed E-state index contributed by atoms with van der Waals surface area (Å²) < 4.78 is 0. The van der Waals surface area contributed by atoms with Crippen LogP contribution in [-0.4, -0.2) is 60.8 Å². The molecule has 37 heavy (non-hydrogen) atoms. The minimum Gasteiger partial charge on any atom is -0.480 e. The normalized spacial score (nSPS) is 12.2. The molecular formula is C24H30N8O5. The van der Waals surface area contributed by atoms with Crippen LogP contribution in [0.25, 0.3) is 11.2 Å². The van der Waals surface area contributed by atoms with Crippen LogP contribution in [0.3, 0.4) is 0 Å². The average molecular weight is 511 g/mol. The Hall–Kier alpha value is -4.39. The van der Waals surface area contributed by atoms with Gasteiger partial charge in [0, 0.05) is 17.7 Å². The second kappa shape index (κ2) is 11.6. The molecule has 7 N–H and O–H groups in total. The van der Waals surface area contributed by atoms with E-state index >= 15 is 0 Å². The van der Waals surface area contributed by atoms with Crippen LogP contribution in [0.1, 0.15) is 49.7 Å². The number of nitrogens with one attached hydrogen (secondary N) is 4. The second-order valence-corrected chi connectivity index (χ2v) is 8.90. The van der Waals surface area contributed by atoms with Crippen LogP contribution in [0.5, 0.6) is 0 Å². The largest absolute Gasteiger partial charge is 0.480 e. The van der Waals surface area contributed by atoms with Gasteiger partial charge in [-0.3, -0.25) is 19.4 Å². The van der Waals surface area contributed by atoms with Crippen molar-refractivity contribution in [1.82, 2.24) is 30.6 Å². The third kappa shape index (κ3) is 7.07. The quantitative estimate of drug-likeness (QED) is 0.201. The van der Waals surface area contributed by atoms with Gasteiger partial charge < -0.3 is 26.8 Å². The number of aromatic amines is 1. The Labute approximate surface area is 212 Å². The number of hydrogen-bond acceptors (Lipinski definition) is 10. The zero-order chi connectivity index (χ0) is 27.2. The van der Waals surface area contributed by atoms with E-state index < -0.39 is 29.0 Å². The number of H-pyrrole nitrogens is 1. The molecule has 0 aliphatic heterocycles. The fourth-order valence-electron chi connectivity index (χ4n) is 3.62. The summed E-state index contributed by atoms with van der Waals surface area (Å²) in [5.74, 6) is -1.96. The van der Waals surface area contributed by atoms with Gasteiger partial charge in [0.1, 0.15) is 6.04 Å². The molecule has 3 rings (SSSR count). The van der Waals surface area contributed by atoms with Crippen LogP contribution in [0.2, 0.25) is 0 Å². The Morgan fingerprint density at radius 2 is 1.86 bits per heavy atom. The van der Waals surface area contributed by atoms with Crippen molar-refractivity contribution in [2.24, 2.45) is 0 Å². The van der Waals surface area contributed by atoms with Crippen LogP contribution >= 0.6 is 0 Å². The van der Waals surface area contributed by atoms with Crippen LogP contribution in [0, 0.1) is 0 Å². The summed E-state index contributed by atoms with van der Waals surface area (Å²) in [7, 11) is 0. The number of nitrogen functional groups attached to an aromatic ring is 1. The van der Waals surface area contributed by atoms with Crippen molar-refractivity contribution in [3.63, 3.8) is 0 Å². The number of nitrogens with zero attached hydrogens (tertiary/aromatic N) is 3. The number of rotatable bonds is 12. The Morgan fingerprint density at radius 3 is 2.51 bits per heavy atom. The lowest BCUT2D eigenvalue weighted by atomic mass is 9.94. The highest BCUT2D eigenvalue weighted by molar-refractivity contribution is 5.97. The first kappa shape index (κ1) is 27.2. The molecule has 13 heteroatoms. The zero-order valence-corrected chi connectivity index (χ0v) is 20.8. The number of likely N-dealkylation sites (N-methyl/N-ethyl adjacent to an activating group) is 1. The lowest BCUT2D eigenvalue weighted by Crippen LogP contribution is -2.48. The van der Waals surface area contributed by atoms with Gasteiger partial charge in [0.15, 0.2) is 16.9 Å². The maximum absolute atomic E-state index is 12.6. The Morgan fingerprint density at radius 1 is 1.16 bits per heavy atom. The molecule has 0 aliphatic carbocycles. The monoisotopic (exact) mass is 510 g/mol. The highest BCUT2D eigenvalue weighted by Gasteiger charge is 2.28. The Balaban J connectivity index is 1.58. The summed E-state index contributed by atoms with van der Waals surface area (Å²) >= 11 is 0. The van der Waals surface area contributed by atoms with Crippen molar-refractivity contribution in [2.45, 2.75) is 51.7 Å². The van der Waals surface area contributed by atoms with Crippen molar-refractivity contribution in [2.75, 3.05) is 17.6 Å². The number of hydrogen-bond donors (Lipinski definition) is 6. The first-order chi connectivity index (χ1) is 17.5. The molecule has 0 saturated heterocycles. The van der Waals surface area contributed by atoms with Crippen LogP contribution in [0.4, 0.5) is 11.6 Å². The van der Waals surface area contributed by atoms with Gasteiger partial charge in [-0.2, -0.15) is 4.98 Å². The predicted molar refractivity (Wildman–Crippen MR) is 137 cm³/mol. The molecule has 2 heterocycles. The minimum absolute atomic E-state index is 0.00703. The minimum atomic E-state index is -1.21. The molecule has 3 aromatic rings. The van der Waals surface area contributed by atoms with E-state index in [9.17, 15) is 24.3 Å². The van der Waals surface area contributed by atoms with E-state index in [0.717, 1.165) is 0 Å². The summed E-state index contributed by atoms with van der Waals surface area (Å²) in [6, 6.07) is 5.18. The van der Waals surface area contributed by atoms with Crippen molar-refractivity contribution in [3.05, 3.63) is 52.1 Å². The van der Waals surface area contributed by atoms with Gasteiger partial charge in [0.2, 0.25) is 5.95 Å². The lowest BCUT2D eigenvalue weighted by molar-refractivity contribution is -0.139. The van der Waals surface area contributed by atoms with Crippen molar-refractivity contribution in [3.8, 4) is 0 Å². The Kier molecular flexibility index (Phi) is 8.50. The fourth-order valence-corrected chi connectivity index (χ4v) is 3.62. The topological polar surface area (TPSA) is 205 Å². The van der Waals surface area contributed by atoms with Gasteiger partial charge in [-0.05, 0) is 51.1 Å². The predicted octanol–water partition coefficient (Wildman–Crippen LogP) is 0.828. The molecule has 1 aromatic carbocycles. The first-order valence-electron chi connectivity index (χ1n) is 11.7. The number of aliphatic carboxylic acids is 1. The summed E-state index contributed by atoms with van der Waals surface area (Å²) in [6.07, 6.45) is 1.46. The Bertz CT molecular complexity index is 1350. The molecule has 1 amide bonds. The number of anilines is 2. The number of amides is 1. The molecule has 1 atom stereocenters. The summed E-state index contributed by atoms with van der Waals surface area (Å²) in [5.41, 5.74) is 5.87. The van der Waals surface area contributed by atoms with E-state index in [2.05, 4.69) is 35.9 Å². The standard InChI is InChI=1S/C24H30N8O5/c1-4-28-24(2,3)17(33)10-9-16(22(36)37)30-20(34)13-5-7-14(8-6-13)26-11-15-12-27-19-18(29-15)21(35)32-23(25)31-19/h5-8,12,16,26,28H,4,9-11H2,1-3H3,(H,30,34)(H,36,37)(H3,25,27,31,32,35). The highest BCUT2D eigenvalue weighted by atomic mass is 16.4. The summed E-state index contributed by atoms with van der Waals surface area (Å²) in [6.45, 7) is 6.21. The number of fused-ring (bicyclic) bond motifs is 1. The number of nitrogens with two attached hydrogens (primary N) is 1. The SMILES string of the molecule is CCNC(C)(C)C(=O)CCC(NC(=O)c1ccc(NCc2cnc3nc(N)[nH]c(=O)c3n2)cc1)C(=O)O. The van der Waals surface area contributed by atoms with Gasteiger partial charge in [-0.1, -0.05) is 6.92 Å². The third-order valence-electron chi connectivity index (χ3n) is 5.69. The number of carbonyl (C=O) groups excluding carboxylic acids is 2. The number of carboxylic acids is 1. The maximum Gasteiger partial charge on any atom is 0.326 e. The van der Waals surface area contributed by atoms with Crippen LogP contribution in [0.15, 0.2) is 35.3 Å². The number of benzene rings is 1. The fraction of sp³-hybridized carbons (Fsp3) is 0.375. The number of aromatic nitrogens is 4. The number of carboxylic acid groups (broad SMARTS) is 1. The number of carbonyl (C=O) groups is 3. The smallest absolute Gasteiger partial charge is 0.326 e. The average Bonchev–Trinajstić information content (AvgIpc) is 2.85. The van der Waals surface area contributed by atoms with Crippen molar-refractivity contribution in [1.29, 1.82) is 0 Å². The van der Waals surface area contributed by atoms with Gasteiger partial charge in [-0.15, -0.1) is 0 Å². The summed E-state index contributed by atoms with van der Waals surface area (Å²) in [4.78, 5) is 63.3. The molecule has 13 nitrogen and oxygen atoms in total. The molecular weight excluding hydrogens is 480 g/mol. The molecule has 0 bridgehead atoms. The molecule has 0 spiro atoms. The van der Waals surface area contributed by atoms with E-state index in [1.807, 2.05) is 6.92 Å². The van der Waals surface area contributed by atoms with E-state index in [4.69, 9.17) is 5.73 Å². The van der Waals surface area contributed by atoms with Crippen molar-refractivity contribution >= 4 is 40.5 Å². The summed E-state index contributed by atoms with van der Waals surface area (Å²) in [5, 5.41) is 18.2. The van der Waals surface area contributed by atoms with Gasteiger partial charge in [0.05, 0.1) is 24.0 Å². The van der Waals surface area contributed by atoms with Gasteiger partial charge >= 0.3 is 5.97 Å². The molecule has 0 saturated carbocycles. The molecule has 0 fully saturated rings. The first-order valence-corrected chi connectivity index (χ1v) is 11.7. The maximum atomic E-state index is 12.6. The van der Waals surface area contributed by atoms with Crippen molar-refractivity contribution < 1.29 is 19.5 Å². The lowest BCUT2D eigenvalue weighted by Gasteiger charge is -2.25. The zero-order valence-electron chi connectivity index (χ0n) is 20.8. The second-order valence-electron chi connectivity index (χ2n) is 8.90. The van der Waals surface area contributed by atoms with Crippen LogP contribution in [-0.2, 0) is 16.1 Å². The van der Waals surface area contributed by atoms with E-state index in [1.165, 1.54) is 6.20 Å². The van der Waals surface area contributed by atoms with E-state index in [-0.39, 0.29) is 47.8 Å². The third-order valence-corrected chi connectivity index (χ3v) is 5.69. The number of ketones is 1. The highest BCUT2D eigenvalue weighted by Crippen LogP contribution is 2.14. The van der Waals surface area contributed by atoms with Gasteiger partial charge in [0.25, 0.3) is 11.5 Å². The molecule has 196 valence electrons. The number of Topliss-reactive ketones (excluding diaryl/α,β-unsaturated/α-hetero) is 1. The molecule has 1 unspecified atom stereocenters. The van der Waals surface area contributed by atoms with E-state index in [0.29, 0.717) is 17.9 Å². The van der Waals surface area contributed by atoms with E-state index in [1.54, 1.807) is 38.1 Å². The molecule has 2 aromatic heterocycles. The van der Waals surface area contributed by atoms with Gasteiger partial charge in [-0.25, -0.2) is 14.8 Å². The van der Waals surface area contributed by atoms with Crippen LogP contribution < -0.4 is 27.2 Å².